The SMILES string of the molecule is COc1ccccc1OCC(=O)NC1CCN(C[C@H]2CCCO2)CC1. The van der Waals surface area contributed by atoms with E-state index in [0.717, 1.165) is 39.1 Å². The van der Waals surface area contributed by atoms with Gasteiger partial charge in [0.05, 0.1) is 13.2 Å². The summed E-state index contributed by atoms with van der Waals surface area (Å²) in [5, 5.41) is 3.08. The fourth-order valence-electron chi connectivity index (χ4n) is 3.49. The van der Waals surface area contributed by atoms with E-state index in [2.05, 4.69) is 10.2 Å². The Kier molecular flexibility index (Phi) is 6.53. The van der Waals surface area contributed by atoms with Gasteiger partial charge in [-0.3, -0.25) is 4.79 Å². The summed E-state index contributed by atoms with van der Waals surface area (Å²) >= 11 is 0. The molecule has 1 aromatic rings. The molecule has 25 heavy (non-hydrogen) atoms. The molecule has 3 rings (SSSR count). The minimum atomic E-state index is -0.0801. The van der Waals surface area contributed by atoms with E-state index in [1.54, 1.807) is 13.2 Å². The predicted octanol–water partition coefficient (Wildman–Crippen LogP) is 1.83. The van der Waals surface area contributed by atoms with Gasteiger partial charge in [0.25, 0.3) is 5.91 Å². The van der Waals surface area contributed by atoms with Crippen molar-refractivity contribution in [3.63, 3.8) is 0 Å². The van der Waals surface area contributed by atoms with Crippen LogP contribution in [-0.2, 0) is 9.53 Å². The Morgan fingerprint density at radius 2 is 2.00 bits per heavy atom. The predicted molar refractivity (Wildman–Crippen MR) is 95.1 cm³/mol. The Labute approximate surface area is 149 Å². The largest absolute Gasteiger partial charge is 0.493 e. The molecule has 2 aliphatic rings. The van der Waals surface area contributed by atoms with E-state index >= 15 is 0 Å². The van der Waals surface area contributed by atoms with Crippen LogP contribution in [0.3, 0.4) is 0 Å². The second-order valence-corrected chi connectivity index (χ2v) is 6.72. The first-order valence-corrected chi connectivity index (χ1v) is 9.13. The molecule has 0 spiro atoms. The average molecular weight is 348 g/mol. The molecule has 6 heteroatoms. The van der Waals surface area contributed by atoms with E-state index in [1.807, 2.05) is 18.2 Å². The van der Waals surface area contributed by atoms with Gasteiger partial charge in [-0.25, -0.2) is 0 Å². The Bertz CT molecular complexity index is 552. The summed E-state index contributed by atoms with van der Waals surface area (Å²) in [5.41, 5.74) is 0. The minimum absolute atomic E-state index is 0.0104. The average Bonchev–Trinajstić information content (AvgIpc) is 3.15. The molecule has 2 aliphatic heterocycles. The highest BCUT2D eigenvalue weighted by Gasteiger charge is 2.24. The summed E-state index contributed by atoms with van der Waals surface area (Å²) < 4.78 is 16.5. The summed E-state index contributed by atoms with van der Waals surface area (Å²) in [6.45, 7) is 3.97. The highest BCUT2D eigenvalue weighted by atomic mass is 16.5. The van der Waals surface area contributed by atoms with Crippen molar-refractivity contribution in [3.05, 3.63) is 24.3 Å². The molecule has 1 N–H and O–H groups in total. The molecule has 0 aromatic heterocycles. The number of carbonyl (C=O) groups is 1. The van der Waals surface area contributed by atoms with E-state index in [4.69, 9.17) is 14.2 Å². The van der Waals surface area contributed by atoms with Crippen molar-refractivity contribution in [2.75, 3.05) is 40.0 Å². The maximum Gasteiger partial charge on any atom is 0.258 e. The lowest BCUT2D eigenvalue weighted by atomic mass is 10.0. The summed E-state index contributed by atoms with van der Waals surface area (Å²) in [7, 11) is 1.59. The van der Waals surface area contributed by atoms with Gasteiger partial charge in [-0.2, -0.15) is 0 Å². The fraction of sp³-hybridized carbons (Fsp3) is 0.632. The third-order valence-corrected chi connectivity index (χ3v) is 4.87. The van der Waals surface area contributed by atoms with Gasteiger partial charge in [-0.1, -0.05) is 12.1 Å². The molecule has 0 aliphatic carbocycles. The number of piperidine rings is 1. The molecule has 6 nitrogen and oxygen atoms in total. The van der Waals surface area contributed by atoms with Crippen LogP contribution in [-0.4, -0.2) is 62.9 Å². The van der Waals surface area contributed by atoms with Crippen LogP contribution < -0.4 is 14.8 Å². The van der Waals surface area contributed by atoms with Gasteiger partial charge >= 0.3 is 0 Å². The standard InChI is InChI=1S/C19H28N2O4/c1-23-17-6-2-3-7-18(17)25-14-19(22)20-15-8-10-21(11-9-15)13-16-5-4-12-24-16/h2-3,6-7,15-16H,4-5,8-14H2,1H3,(H,20,22)/t16-/m1/s1. The van der Waals surface area contributed by atoms with Crippen molar-refractivity contribution in [3.8, 4) is 11.5 Å². The molecule has 0 bridgehead atoms. The van der Waals surface area contributed by atoms with Crippen molar-refractivity contribution in [1.82, 2.24) is 10.2 Å². The molecule has 2 saturated heterocycles. The second kappa shape index (κ2) is 9.06. The number of carbonyl (C=O) groups excluding carboxylic acids is 1. The number of ether oxygens (including phenoxy) is 3. The number of benzene rings is 1. The topological polar surface area (TPSA) is 60.0 Å². The number of nitrogens with one attached hydrogen (secondary N) is 1. The number of rotatable bonds is 7. The fourth-order valence-corrected chi connectivity index (χ4v) is 3.49. The van der Waals surface area contributed by atoms with Crippen LogP contribution in [0, 0.1) is 0 Å². The molecular formula is C19H28N2O4. The number of hydrogen-bond donors (Lipinski definition) is 1. The van der Waals surface area contributed by atoms with Gasteiger partial charge < -0.3 is 24.4 Å². The molecule has 0 unspecified atom stereocenters. The first kappa shape index (κ1) is 18.0. The quantitative estimate of drug-likeness (QED) is 0.815. The molecule has 1 amide bonds. The van der Waals surface area contributed by atoms with E-state index in [-0.39, 0.29) is 18.6 Å². The maximum atomic E-state index is 12.1. The summed E-state index contributed by atoms with van der Waals surface area (Å²) in [6, 6.07) is 7.58. The van der Waals surface area contributed by atoms with Crippen molar-refractivity contribution < 1.29 is 19.0 Å². The number of hydrogen-bond acceptors (Lipinski definition) is 5. The van der Waals surface area contributed by atoms with Crippen LogP contribution in [0.1, 0.15) is 25.7 Å². The Hall–Kier alpha value is -1.79. The second-order valence-electron chi connectivity index (χ2n) is 6.72. The molecule has 0 radical (unpaired) electrons. The molecule has 1 atom stereocenters. The zero-order chi connectivity index (χ0) is 17.5. The van der Waals surface area contributed by atoms with Crippen LogP contribution >= 0.6 is 0 Å². The summed E-state index contributed by atoms with van der Waals surface area (Å²) in [5.74, 6) is 1.15. The molecule has 0 saturated carbocycles. The third kappa shape index (κ3) is 5.34. The molecule has 2 heterocycles. The molecule has 1 aromatic carbocycles. The molecule has 2 fully saturated rings. The Balaban J connectivity index is 1.36. The highest BCUT2D eigenvalue weighted by molar-refractivity contribution is 5.77. The lowest BCUT2D eigenvalue weighted by Crippen LogP contribution is -2.47. The zero-order valence-electron chi connectivity index (χ0n) is 14.9. The first-order valence-electron chi connectivity index (χ1n) is 9.13. The van der Waals surface area contributed by atoms with Gasteiger partial charge in [-0.15, -0.1) is 0 Å². The minimum Gasteiger partial charge on any atom is -0.493 e. The number of likely N-dealkylation sites (tertiary alicyclic amines) is 1. The summed E-state index contributed by atoms with van der Waals surface area (Å²) in [4.78, 5) is 14.6. The molecule has 138 valence electrons. The van der Waals surface area contributed by atoms with Crippen LogP contribution in [0.15, 0.2) is 24.3 Å². The normalized spacial score (nSPS) is 21.9. The number of amides is 1. The Morgan fingerprint density at radius 1 is 1.24 bits per heavy atom. The number of nitrogens with zero attached hydrogens (tertiary/aromatic N) is 1. The lowest BCUT2D eigenvalue weighted by Gasteiger charge is -2.33. The lowest BCUT2D eigenvalue weighted by molar-refractivity contribution is -0.124. The van der Waals surface area contributed by atoms with Gasteiger partial charge in [-0.05, 0) is 37.8 Å². The van der Waals surface area contributed by atoms with Crippen molar-refractivity contribution in [2.24, 2.45) is 0 Å². The van der Waals surface area contributed by atoms with Crippen molar-refractivity contribution >= 4 is 5.91 Å². The van der Waals surface area contributed by atoms with Crippen LogP contribution in [0.2, 0.25) is 0 Å². The van der Waals surface area contributed by atoms with Crippen LogP contribution in [0.5, 0.6) is 11.5 Å². The van der Waals surface area contributed by atoms with Crippen molar-refractivity contribution in [2.45, 2.75) is 37.8 Å². The van der Waals surface area contributed by atoms with E-state index in [0.29, 0.717) is 17.6 Å². The zero-order valence-corrected chi connectivity index (χ0v) is 14.9. The van der Waals surface area contributed by atoms with Crippen LogP contribution in [0.25, 0.3) is 0 Å². The van der Waals surface area contributed by atoms with Gasteiger partial charge in [0.1, 0.15) is 0 Å². The number of para-hydroxylation sites is 2. The Morgan fingerprint density at radius 3 is 2.68 bits per heavy atom. The monoisotopic (exact) mass is 348 g/mol. The van der Waals surface area contributed by atoms with E-state index in [9.17, 15) is 4.79 Å². The van der Waals surface area contributed by atoms with Gasteiger partial charge in [0, 0.05) is 32.3 Å². The summed E-state index contributed by atoms with van der Waals surface area (Å²) in [6.07, 6.45) is 4.72. The maximum absolute atomic E-state index is 12.1. The van der Waals surface area contributed by atoms with Crippen LogP contribution in [0.4, 0.5) is 0 Å². The van der Waals surface area contributed by atoms with Gasteiger partial charge in [0.15, 0.2) is 18.1 Å². The molecular weight excluding hydrogens is 320 g/mol. The highest BCUT2D eigenvalue weighted by Crippen LogP contribution is 2.25. The smallest absolute Gasteiger partial charge is 0.258 e. The number of methoxy groups -OCH3 is 1. The van der Waals surface area contributed by atoms with Crippen molar-refractivity contribution in [1.29, 1.82) is 0 Å². The van der Waals surface area contributed by atoms with E-state index in [1.165, 1.54) is 12.8 Å². The van der Waals surface area contributed by atoms with Gasteiger partial charge in [0.2, 0.25) is 0 Å². The van der Waals surface area contributed by atoms with E-state index < -0.39 is 0 Å². The third-order valence-electron chi connectivity index (χ3n) is 4.87. The first-order chi connectivity index (χ1) is 12.2.